The van der Waals surface area contributed by atoms with Gasteiger partial charge in [-0.15, -0.1) is 0 Å². The first-order valence-electron chi connectivity index (χ1n) is 9.38. The van der Waals surface area contributed by atoms with Crippen molar-refractivity contribution in [2.24, 2.45) is 0 Å². The van der Waals surface area contributed by atoms with Crippen molar-refractivity contribution in [3.05, 3.63) is 64.1 Å². The van der Waals surface area contributed by atoms with Crippen LogP contribution in [-0.2, 0) is 23.1 Å². The summed E-state index contributed by atoms with van der Waals surface area (Å²) in [6, 6.07) is 14.1. The molecule has 0 saturated heterocycles. The maximum atomic E-state index is 13.0. The molecule has 0 aliphatic rings. The van der Waals surface area contributed by atoms with Gasteiger partial charge in [0.1, 0.15) is 0 Å². The fourth-order valence-electron chi connectivity index (χ4n) is 3.12. The van der Waals surface area contributed by atoms with E-state index in [9.17, 15) is 13.2 Å². The van der Waals surface area contributed by atoms with Gasteiger partial charge in [-0.3, -0.25) is 9.36 Å². The number of rotatable bonds is 7. The van der Waals surface area contributed by atoms with Gasteiger partial charge < -0.3 is 4.52 Å². The molecule has 2 heterocycles. The van der Waals surface area contributed by atoms with E-state index in [1.54, 1.807) is 16.7 Å². The highest BCUT2D eigenvalue weighted by atomic mass is 32.2. The van der Waals surface area contributed by atoms with Gasteiger partial charge in [0.05, 0.1) is 21.7 Å². The molecule has 0 radical (unpaired) electrons. The predicted molar refractivity (Wildman–Crippen MR) is 115 cm³/mol. The Labute approximate surface area is 177 Å². The molecule has 2 aromatic heterocycles. The standard InChI is InChI=1S/C20H20N4O4S2/c1-3-11-24-16-10-9-15(12-17(16)29-20(24)25)30(26,27)23(2)13-18-21-19(22-28-18)14-7-5-4-6-8-14/h4-10,12H,3,11,13H2,1-2H3. The van der Waals surface area contributed by atoms with Crippen molar-refractivity contribution in [1.29, 1.82) is 0 Å². The molecule has 0 aliphatic heterocycles. The van der Waals surface area contributed by atoms with Gasteiger partial charge in [-0.25, -0.2) is 8.42 Å². The number of hydrogen-bond donors (Lipinski definition) is 0. The molecule has 0 spiro atoms. The third kappa shape index (κ3) is 3.81. The minimum atomic E-state index is -3.80. The molecule has 0 saturated carbocycles. The van der Waals surface area contributed by atoms with Crippen LogP contribution in [0.4, 0.5) is 0 Å². The van der Waals surface area contributed by atoms with E-state index in [1.807, 2.05) is 37.3 Å². The first kappa shape index (κ1) is 20.5. The van der Waals surface area contributed by atoms with E-state index in [-0.39, 0.29) is 22.2 Å². The van der Waals surface area contributed by atoms with Crippen LogP contribution < -0.4 is 4.87 Å². The molecule has 0 bridgehead atoms. The number of aryl methyl sites for hydroxylation is 1. The zero-order valence-corrected chi connectivity index (χ0v) is 18.1. The van der Waals surface area contributed by atoms with E-state index in [1.165, 1.54) is 13.1 Å². The van der Waals surface area contributed by atoms with E-state index in [2.05, 4.69) is 10.1 Å². The summed E-state index contributed by atoms with van der Waals surface area (Å²) in [6.07, 6.45) is 0.823. The van der Waals surface area contributed by atoms with Crippen molar-refractivity contribution in [1.82, 2.24) is 19.0 Å². The molecule has 30 heavy (non-hydrogen) atoms. The van der Waals surface area contributed by atoms with Crippen LogP contribution in [0.25, 0.3) is 21.6 Å². The Bertz CT molecular complexity index is 1340. The maximum absolute atomic E-state index is 13.0. The fourth-order valence-corrected chi connectivity index (χ4v) is 5.30. The third-order valence-electron chi connectivity index (χ3n) is 4.65. The monoisotopic (exact) mass is 444 g/mol. The lowest BCUT2D eigenvalue weighted by Crippen LogP contribution is -2.26. The number of nitrogens with zero attached hydrogens (tertiary/aromatic N) is 4. The molecule has 0 fully saturated rings. The Morgan fingerprint density at radius 2 is 1.93 bits per heavy atom. The second-order valence-electron chi connectivity index (χ2n) is 6.79. The number of fused-ring (bicyclic) bond motifs is 1. The molecule has 0 N–H and O–H groups in total. The summed E-state index contributed by atoms with van der Waals surface area (Å²) in [6.45, 7) is 2.53. The zero-order valence-electron chi connectivity index (χ0n) is 16.5. The van der Waals surface area contributed by atoms with E-state index in [4.69, 9.17) is 4.52 Å². The summed E-state index contributed by atoms with van der Waals surface area (Å²) in [4.78, 5) is 16.5. The minimum absolute atomic E-state index is 0.0622. The SMILES string of the molecule is CCCn1c(=O)sc2cc(S(=O)(=O)N(C)Cc3nc(-c4ccccc4)no3)ccc21. The number of benzene rings is 2. The Morgan fingerprint density at radius 3 is 2.67 bits per heavy atom. The first-order valence-corrected chi connectivity index (χ1v) is 11.6. The van der Waals surface area contributed by atoms with E-state index in [0.717, 1.165) is 33.1 Å². The lowest BCUT2D eigenvalue weighted by molar-refractivity contribution is 0.337. The molecule has 10 heteroatoms. The van der Waals surface area contributed by atoms with E-state index < -0.39 is 10.0 Å². The largest absolute Gasteiger partial charge is 0.338 e. The van der Waals surface area contributed by atoms with Crippen LogP contribution in [0, 0.1) is 0 Å². The molecular formula is C20H20N4O4S2. The molecule has 4 aromatic rings. The minimum Gasteiger partial charge on any atom is -0.338 e. The van der Waals surface area contributed by atoms with Crippen molar-refractivity contribution in [2.75, 3.05) is 7.05 Å². The van der Waals surface area contributed by atoms with Crippen molar-refractivity contribution < 1.29 is 12.9 Å². The molecule has 8 nitrogen and oxygen atoms in total. The summed E-state index contributed by atoms with van der Waals surface area (Å²) in [5.74, 6) is 0.597. The van der Waals surface area contributed by atoms with Gasteiger partial charge in [-0.2, -0.15) is 9.29 Å². The van der Waals surface area contributed by atoms with Gasteiger partial charge >= 0.3 is 4.87 Å². The highest BCUT2D eigenvalue weighted by Crippen LogP contribution is 2.25. The van der Waals surface area contributed by atoms with Crippen molar-refractivity contribution >= 4 is 31.6 Å². The van der Waals surface area contributed by atoms with E-state index in [0.29, 0.717) is 17.1 Å². The summed E-state index contributed by atoms with van der Waals surface area (Å²) in [5, 5.41) is 3.92. The molecule has 0 unspecified atom stereocenters. The Balaban J connectivity index is 1.59. The highest BCUT2D eigenvalue weighted by Gasteiger charge is 2.24. The normalized spacial score (nSPS) is 12.1. The van der Waals surface area contributed by atoms with Gasteiger partial charge in [-0.05, 0) is 24.6 Å². The van der Waals surface area contributed by atoms with Crippen LogP contribution in [0.15, 0.2) is 62.7 Å². The first-order chi connectivity index (χ1) is 14.4. The zero-order chi connectivity index (χ0) is 21.3. The molecule has 2 aromatic carbocycles. The summed E-state index contributed by atoms with van der Waals surface area (Å²) in [5.41, 5.74) is 1.54. The molecular weight excluding hydrogens is 424 g/mol. The Kier molecular flexibility index (Phi) is 5.54. The Morgan fingerprint density at radius 1 is 1.17 bits per heavy atom. The molecule has 4 rings (SSSR count). The van der Waals surface area contributed by atoms with Crippen molar-refractivity contribution in [3.8, 4) is 11.4 Å². The average Bonchev–Trinajstić information content (AvgIpc) is 3.33. The van der Waals surface area contributed by atoms with Gasteiger partial charge in [0.2, 0.25) is 21.7 Å². The third-order valence-corrected chi connectivity index (χ3v) is 7.39. The molecule has 0 aliphatic carbocycles. The number of sulfonamides is 1. The quantitative estimate of drug-likeness (QED) is 0.434. The highest BCUT2D eigenvalue weighted by molar-refractivity contribution is 7.89. The molecule has 0 atom stereocenters. The fraction of sp³-hybridized carbons (Fsp3) is 0.250. The summed E-state index contributed by atoms with van der Waals surface area (Å²) in [7, 11) is -2.34. The van der Waals surface area contributed by atoms with Gasteiger partial charge in [-0.1, -0.05) is 53.7 Å². The predicted octanol–water partition coefficient (Wildman–Crippen LogP) is 3.34. The van der Waals surface area contributed by atoms with E-state index >= 15 is 0 Å². The molecule has 0 amide bonds. The van der Waals surface area contributed by atoms with Crippen molar-refractivity contribution in [2.45, 2.75) is 31.3 Å². The van der Waals surface area contributed by atoms with Crippen LogP contribution >= 0.6 is 11.3 Å². The summed E-state index contributed by atoms with van der Waals surface area (Å²) >= 11 is 1.05. The number of thiazole rings is 1. The smallest absolute Gasteiger partial charge is 0.308 e. The topological polar surface area (TPSA) is 98.3 Å². The van der Waals surface area contributed by atoms with Gasteiger partial charge in [0.25, 0.3) is 0 Å². The second-order valence-corrected chi connectivity index (χ2v) is 9.83. The second kappa shape index (κ2) is 8.13. The van der Waals surface area contributed by atoms with Crippen LogP contribution in [0.1, 0.15) is 19.2 Å². The number of aromatic nitrogens is 3. The lowest BCUT2D eigenvalue weighted by atomic mass is 10.2. The van der Waals surface area contributed by atoms with Crippen molar-refractivity contribution in [3.63, 3.8) is 0 Å². The van der Waals surface area contributed by atoms with Gasteiger partial charge in [0, 0.05) is 19.2 Å². The Hall–Kier alpha value is -2.82. The van der Waals surface area contributed by atoms with Crippen LogP contribution in [0.5, 0.6) is 0 Å². The number of hydrogen-bond acceptors (Lipinski definition) is 7. The van der Waals surface area contributed by atoms with Crippen LogP contribution in [-0.4, -0.2) is 34.5 Å². The average molecular weight is 445 g/mol. The lowest BCUT2D eigenvalue weighted by Gasteiger charge is -2.15. The maximum Gasteiger partial charge on any atom is 0.308 e. The van der Waals surface area contributed by atoms with Crippen LogP contribution in [0.3, 0.4) is 0 Å². The van der Waals surface area contributed by atoms with Crippen LogP contribution in [0.2, 0.25) is 0 Å². The summed E-state index contributed by atoms with van der Waals surface area (Å²) < 4.78 is 34.8. The molecule has 156 valence electrons. The van der Waals surface area contributed by atoms with Gasteiger partial charge in [0.15, 0.2) is 0 Å².